The molecule has 0 radical (unpaired) electrons. The summed E-state index contributed by atoms with van der Waals surface area (Å²) in [5.74, 6) is 1.03. The lowest BCUT2D eigenvalue weighted by atomic mass is 10.4. The van der Waals surface area contributed by atoms with Crippen LogP contribution in [0.15, 0.2) is 22.7 Å². The van der Waals surface area contributed by atoms with Gasteiger partial charge in [0.2, 0.25) is 0 Å². The molecule has 0 aromatic heterocycles. The Labute approximate surface area is 67.1 Å². The molecule has 1 rings (SSSR count). The molecule has 0 spiro atoms. The largest absolute Gasteiger partial charge is 0.269 e. The predicted molar refractivity (Wildman–Crippen MR) is 48.0 cm³/mol. The molecular weight excluding hydrogens is 138 g/mol. The first-order chi connectivity index (χ1) is 5.38. The molecule has 0 saturated carbocycles. The smallest absolute Gasteiger partial charge is 0.123 e. The van der Waals surface area contributed by atoms with Crippen molar-refractivity contribution in [2.45, 2.75) is 13.3 Å². The van der Waals surface area contributed by atoms with Crippen LogP contribution in [0.25, 0.3) is 0 Å². The molecule has 0 N–H and O–H groups in total. The highest BCUT2D eigenvalue weighted by Gasteiger charge is 2.12. The van der Waals surface area contributed by atoms with E-state index in [0.717, 1.165) is 25.3 Å². The van der Waals surface area contributed by atoms with Crippen molar-refractivity contribution in [1.82, 2.24) is 5.01 Å². The van der Waals surface area contributed by atoms with Gasteiger partial charge in [-0.25, -0.2) is 0 Å². The number of nitrogens with zero attached hydrogens (tertiary/aromatic N) is 3. The molecule has 0 aromatic carbocycles. The summed E-state index contributed by atoms with van der Waals surface area (Å²) in [5.41, 5.74) is 0. The molecule has 1 aliphatic heterocycles. The molecule has 0 aliphatic carbocycles. The summed E-state index contributed by atoms with van der Waals surface area (Å²) in [6.45, 7) is 7.34. The fourth-order valence-electron chi connectivity index (χ4n) is 1.05. The van der Waals surface area contributed by atoms with Gasteiger partial charge >= 0.3 is 0 Å². The van der Waals surface area contributed by atoms with E-state index < -0.39 is 0 Å². The van der Waals surface area contributed by atoms with E-state index in [9.17, 15) is 0 Å². The lowest BCUT2D eigenvalue weighted by Gasteiger charge is -2.11. The number of rotatable bonds is 3. The molecule has 0 fully saturated rings. The van der Waals surface area contributed by atoms with Crippen molar-refractivity contribution in [1.29, 1.82) is 0 Å². The van der Waals surface area contributed by atoms with Gasteiger partial charge in [-0.2, -0.15) is 5.10 Å². The van der Waals surface area contributed by atoms with Gasteiger partial charge in [0.15, 0.2) is 0 Å². The van der Waals surface area contributed by atoms with Crippen LogP contribution in [0, 0.1) is 0 Å². The van der Waals surface area contributed by atoms with Crippen LogP contribution in [0.3, 0.4) is 0 Å². The third kappa shape index (κ3) is 1.90. The molecule has 11 heavy (non-hydrogen) atoms. The molecule has 3 nitrogen and oxygen atoms in total. The SMILES string of the molecule is C=CCC1=NCCN1N=CC. The average molecular weight is 151 g/mol. The molecule has 0 atom stereocenters. The minimum atomic E-state index is 0.817. The van der Waals surface area contributed by atoms with Crippen molar-refractivity contribution in [2.24, 2.45) is 10.1 Å². The van der Waals surface area contributed by atoms with Crippen LogP contribution in [0.4, 0.5) is 0 Å². The quantitative estimate of drug-likeness (QED) is 0.441. The Kier molecular flexibility index (Phi) is 2.83. The third-order valence-corrected chi connectivity index (χ3v) is 1.49. The molecule has 1 aliphatic rings. The summed E-state index contributed by atoms with van der Waals surface area (Å²) >= 11 is 0. The zero-order valence-electron chi connectivity index (χ0n) is 6.82. The average Bonchev–Trinajstić information content (AvgIpc) is 2.39. The fourth-order valence-corrected chi connectivity index (χ4v) is 1.05. The van der Waals surface area contributed by atoms with E-state index in [1.54, 1.807) is 6.21 Å². The second-order valence-corrected chi connectivity index (χ2v) is 2.29. The Morgan fingerprint density at radius 2 is 2.64 bits per heavy atom. The van der Waals surface area contributed by atoms with Crippen molar-refractivity contribution in [3.05, 3.63) is 12.7 Å². The molecule has 0 amide bonds. The first-order valence-corrected chi connectivity index (χ1v) is 3.79. The maximum Gasteiger partial charge on any atom is 0.123 e. The van der Waals surface area contributed by atoms with E-state index in [4.69, 9.17) is 0 Å². The van der Waals surface area contributed by atoms with Crippen LogP contribution >= 0.6 is 0 Å². The van der Waals surface area contributed by atoms with E-state index in [1.807, 2.05) is 18.0 Å². The van der Waals surface area contributed by atoms with E-state index in [-0.39, 0.29) is 0 Å². The van der Waals surface area contributed by atoms with Gasteiger partial charge in [0.05, 0.1) is 13.1 Å². The Balaban J connectivity index is 2.54. The van der Waals surface area contributed by atoms with E-state index in [0.29, 0.717) is 0 Å². The van der Waals surface area contributed by atoms with Crippen LogP contribution < -0.4 is 0 Å². The standard InChI is InChI=1S/C8H13N3/c1-3-5-8-9-6-7-11(8)10-4-2/h3-4H,1,5-7H2,2H3. The van der Waals surface area contributed by atoms with Gasteiger partial charge in [-0.15, -0.1) is 6.58 Å². The monoisotopic (exact) mass is 151 g/mol. The van der Waals surface area contributed by atoms with Gasteiger partial charge in [-0.05, 0) is 6.92 Å². The third-order valence-electron chi connectivity index (χ3n) is 1.49. The number of hydrogen-bond acceptors (Lipinski definition) is 3. The van der Waals surface area contributed by atoms with Gasteiger partial charge in [-0.3, -0.25) is 10.0 Å². The number of hydrazone groups is 1. The van der Waals surface area contributed by atoms with Crippen LogP contribution in [0.2, 0.25) is 0 Å². The summed E-state index contributed by atoms with van der Waals surface area (Å²) in [6.07, 6.45) is 4.45. The zero-order chi connectivity index (χ0) is 8.10. The molecule has 0 aromatic rings. The first kappa shape index (κ1) is 7.98. The summed E-state index contributed by atoms with van der Waals surface area (Å²) < 4.78 is 0. The van der Waals surface area contributed by atoms with Crippen molar-refractivity contribution in [3.63, 3.8) is 0 Å². The molecular formula is C8H13N3. The lowest BCUT2D eigenvalue weighted by Crippen LogP contribution is -2.21. The maximum atomic E-state index is 4.28. The molecule has 60 valence electrons. The van der Waals surface area contributed by atoms with E-state index in [1.165, 1.54) is 0 Å². The highest BCUT2D eigenvalue weighted by Crippen LogP contribution is 2.05. The Morgan fingerprint density at radius 3 is 3.27 bits per heavy atom. The number of amidine groups is 1. The fraction of sp³-hybridized carbons (Fsp3) is 0.500. The predicted octanol–water partition coefficient (Wildman–Crippen LogP) is 1.28. The molecule has 0 bridgehead atoms. The van der Waals surface area contributed by atoms with Crippen LogP contribution in [-0.2, 0) is 0 Å². The Hall–Kier alpha value is -1.12. The minimum Gasteiger partial charge on any atom is -0.269 e. The second kappa shape index (κ2) is 3.91. The van der Waals surface area contributed by atoms with Crippen LogP contribution in [0.1, 0.15) is 13.3 Å². The number of hydrogen-bond donors (Lipinski definition) is 0. The first-order valence-electron chi connectivity index (χ1n) is 3.79. The topological polar surface area (TPSA) is 28.0 Å². The summed E-state index contributed by atoms with van der Waals surface area (Å²) in [7, 11) is 0. The summed E-state index contributed by atoms with van der Waals surface area (Å²) in [6, 6.07) is 0. The zero-order valence-corrected chi connectivity index (χ0v) is 6.82. The van der Waals surface area contributed by atoms with E-state index in [2.05, 4.69) is 16.7 Å². The Bertz CT molecular complexity index is 194. The highest BCUT2D eigenvalue weighted by atomic mass is 15.5. The van der Waals surface area contributed by atoms with Gasteiger partial charge < -0.3 is 0 Å². The highest BCUT2D eigenvalue weighted by molar-refractivity contribution is 5.85. The number of aliphatic imine (C=N–C) groups is 1. The minimum absolute atomic E-state index is 0.817. The molecule has 0 unspecified atom stereocenters. The van der Waals surface area contributed by atoms with Crippen molar-refractivity contribution in [2.75, 3.05) is 13.1 Å². The van der Waals surface area contributed by atoms with Crippen molar-refractivity contribution >= 4 is 12.1 Å². The Morgan fingerprint density at radius 1 is 1.82 bits per heavy atom. The van der Waals surface area contributed by atoms with Gasteiger partial charge in [0, 0.05) is 12.6 Å². The lowest BCUT2D eigenvalue weighted by molar-refractivity contribution is 0.485. The summed E-state index contributed by atoms with van der Waals surface area (Å²) in [5, 5.41) is 6.07. The van der Waals surface area contributed by atoms with Gasteiger partial charge in [-0.1, -0.05) is 6.08 Å². The second-order valence-electron chi connectivity index (χ2n) is 2.29. The van der Waals surface area contributed by atoms with Crippen molar-refractivity contribution in [3.8, 4) is 0 Å². The molecule has 3 heteroatoms. The van der Waals surface area contributed by atoms with Crippen LogP contribution in [-0.4, -0.2) is 30.1 Å². The maximum absolute atomic E-state index is 4.28. The van der Waals surface area contributed by atoms with E-state index >= 15 is 0 Å². The van der Waals surface area contributed by atoms with Gasteiger partial charge in [0.25, 0.3) is 0 Å². The van der Waals surface area contributed by atoms with Crippen LogP contribution in [0.5, 0.6) is 0 Å². The normalized spacial score (nSPS) is 17.5. The van der Waals surface area contributed by atoms with Gasteiger partial charge in [0.1, 0.15) is 5.84 Å². The van der Waals surface area contributed by atoms with Crippen molar-refractivity contribution < 1.29 is 0 Å². The molecule has 1 heterocycles. The molecule has 0 saturated heterocycles. The summed E-state index contributed by atoms with van der Waals surface area (Å²) in [4.78, 5) is 4.28.